The van der Waals surface area contributed by atoms with Gasteiger partial charge in [0.05, 0.1) is 6.61 Å². The van der Waals surface area contributed by atoms with Crippen molar-refractivity contribution < 1.29 is 8.95 Å². The van der Waals surface area contributed by atoms with Crippen molar-refractivity contribution in [2.75, 3.05) is 19.4 Å². The number of nitrogens with one attached hydrogen (secondary N) is 1. The van der Waals surface area contributed by atoms with Crippen molar-refractivity contribution in [2.24, 2.45) is 0 Å². The monoisotopic (exact) mass is 295 g/mol. The normalized spacial score (nSPS) is 18.9. The van der Waals surface area contributed by atoms with Crippen LogP contribution in [0, 0.1) is 0 Å². The molecule has 0 amide bonds. The molecule has 1 fully saturated rings. The van der Waals surface area contributed by atoms with Gasteiger partial charge in [0.25, 0.3) is 0 Å². The molecule has 1 aliphatic carbocycles. The predicted octanol–water partition coefficient (Wildman–Crippen LogP) is 3.04. The van der Waals surface area contributed by atoms with E-state index in [4.69, 9.17) is 4.74 Å². The van der Waals surface area contributed by atoms with Crippen LogP contribution in [-0.4, -0.2) is 28.9 Å². The Bertz CT molecular complexity index is 444. The van der Waals surface area contributed by atoms with Crippen LogP contribution in [0.4, 0.5) is 0 Å². The molecular formula is C16H25NO2S. The van der Waals surface area contributed by atoms with E-state index in [1.165, 1.54) is 12.8 Å². The molecule has 112 valence electrons. The summed E-state index contributed by atoms with van der Waals surface area (Å²) in [4.78, 5) is 0. The van der Waals surface area contributed by atoms with E-state index in [1.807, 2.05) is 32.2 Å². The molecule has 0 heterocycles. The van der Waals surface area contributed by atoms with Gasteiger partial charge in [-0.15, -0.1) is 0 Å². The molecule has 1 aromatic rings. The van der Waals surface area contributed by atoms with Crippen molar-refractivity contribution in [3.8, 4) is 5.75 Å². The van der Waals surface area contributed by atoms with E-state index in [0.717, 1.165) is 24.2 Å². The van der Waals surface area contributed by atoms with Gasteiger partial charge in [-0.1, -0.05) is 31.0 Å². The summed E-state index contributed by atoms with van der Waals surface area (Å²) in [7, 11) is 1.17. The lowest BCUT2D eigenvalue weighted by molar-refractivity contribution is 0.333. The topological polar surface area (TPSA) is 38.3 Å². The van der Waals surface area contributed by atoms with Gasteiger partial charge >= 0.3 is 0 Å². The number of hydrogen-bond acceptors (Lipinski definition) is 3. The maximum absolute atomic E-state index is 12.5. The molecule has 20 heavy (non-hydrogen) atoms. The maximum Gasteiger partial charge on any atom is 0.124 e. The van der Waals surface area contributed by atoms with Crippen molar-refractivity contribution in [3.63, 3.8) is 0 Å². The first-order valence-corrected chi connectivity index (χ1v) is 8.90. The smallest absolute Gasteiger partial charge is 0.124 e. The Morgan fingerprint density at radius 3 is 2.70 bits per heavy atom. The van der Waals surface area contributed by atoms with E-state index in [-0.39, 0.29) is 6.04 Å². The van der Waals surface area contributed by atoms with Gasteiger partial charge in [-0.25, -0.2) is 0 Å². The Labute approximate surface area is 124 Å². The first-order chi connectivity index (χ1) is 9.76. The molecule has 0 spiro atoms. The van der Waals surface area contributed by atoms with Crippen molar-refractivity contribution in [3.05, 3.63) is 29.8 Å². The van der Waals surface area contributed by atoms with E-state index >= 15 is 0 Å². The van der Waals surface area contributed by atoms with E-state index < -0.39 is 10.8 Å². The highest BCUT2D eigenvalue weighted by Crippen LogP contribution is 2.29. The molecule has 2 rings (SSSR count). The Kier molecular flexibility index (Phi) is 6.05. The molecule has 3 nitrogen and oxygen atoms in total. The fourth-order valence-corrected chi connectivity index (χ4v) is 4.64. The van der Waals surface area contributed by atoms with Gasteiger partial charge < -0.3 is 10.1 Å². The summed E-state index contributed by atoms with van der Waals surface area (Å²) in [5.74, 6) is 1.57. The van der Waals surface area contributed by atoms with Crippen LogP contribution in [-0.2, 0) is 10.8 Å². The summed E-state index contributed by atoms with van der Waals surface area (Å²) in [5, 5.41) is 3.69. The van der Waals surface area contributed by atoms with E-state index in [1.54, 1.807) is 0 Å². The number of para-hydroxylation sites is 1. The predicted molar refractivity (Wildman–Crippen MR) is 84.7 cm³/mol. The number of ether oxygens (including phenoxy) is 1. The number of benzene rings is 1. The van der Waals surface area contributed by atoms with Crippen molar-refractivity contribution >= 4 is 10.8 Å². The zero-order valence-corrected chi connectivity index (χ0v) is 13.2. The summed E-state index contributed by atoms with van der Waals surface area (Å²) in [5.41, 5.74) is 1.11. The van der Waals surface area contributed by atoms with Crippen molar-refractivity contribution in [1.29, 1.82) is 0 Å². The van der Waals surface area contributed by atoms with Crippen LogP contribution in [0.1, 0.15) is 44.2 Å². The quantitative estimate of drug-likeness (QED) is 0.840. The van der Waals surface area contributed by atoms with Crippen LogP contribution in [0.2, 0.25) is 0 Å². The second-order valence-corrected chi connectivity index (χ2v) is 7.03. The minimum absolute atomic E-state index is 0.0965. The van der Waals surface area contributed by atoms with Crippen LogP contribution in [0.3, 0.4) is 0 Å². The molecule has 1 saturated carbocycles. The second kappa shape index (κ2) is 7.79. The molecule has 2 unspecified atom stereocenters. The molecule has 0 aromatic heterocycles. The first-order valence-electron chi connectivity index (χ1n) is 7.52. The zero-order chi connectivity index (χ0) is 14.4. The lowest BCUT2D eigenvalue weighted by Gasteiger charge is -2.21. The van der Waals surface area contributed by atoms with Gasteiger partial charge in [0, 0.05) is 33.4 Å². The number of hydrogen-bond donors (Lipinski definition) is 1. The summed E-state index contributed by atoms with van der Waals surface area (Å²) < 4.78 is 18.2. The maximum atomic E-state index is 12.5. The fourth-order valence-electron chi connectivity index (χ4n) is 2.84. The van der Waals surface area contributed by atoms with Gasteiger partial charge in [0.2, 0.25) is 0 Å². The van der Waals surface area contributed by atoms with Gasteiger partial charge in [0.1, 0.15) is 5.75 Å². The van der Waals surface area contributed by atoms with Gasteiger partial charge in [-0.2, -0.15) is 0 Å². The minimum atomic E-state index is -0.756. The molecule has 0 saturated heterocycles. The Hall–Kier alpha value is -0.870. The molecule has 1 N–H and O–H groups in total. The fraction of sp³-hybridized carbons (Fsp3) is 0.625. The molecule has 0 bridgehead atoms. The van der Waals surface area contributed by atoms with Crippen molar-refractivity contribution in [2.45, 2.75) is 43.9 Å². The van der Waals surface area contributed by atoms with Crippen molar-refractivity contribution in [1.82, 2.24) is 5.32 Å². The van der Waals surface area contributed by atoms with Gasteiger partial charge in [-0.3, -0.25) is 4.21 Å². The molecule has 2 atom stereocenters. The van der Waals surface area contributed by atoms with Crippen LogP contribution in [0.25, 0.3) is 0 Å². The highest BCUT2D eigenvalue weighted by Gasteiger charge is 2.25. The molecule has 1 aliphatic rings. The first kappa shape index (κ1) is 15.5. The van der Waals surface area contributed by atoms with Gasteiger partial charge in [0.15, 0.2) is 0 Å². The Morgan fingerprint density at radius 1 is 1.35 bits per heavy atom. The average molecular weight is 295 g/mol. The molecule has 1 aromatic carbocycles. The second-order valence-electron chi connectivity index (χ2n) is 5.27. The summed E-state index contributed by atoms with van der Waals surface area (Å²) >= 11 is 0. The summed E-state index contributed by atoms with van der Waals surface area (Å²) in [6.07, 6.45) is 4.71. The lowest BCUT2D eigenvalue weighted by Crippen LogP contribution is -2.27. The van der Waals surface area contributed by atoms with E-state index in [0.29, 0.717) is 17.6 Å². The largest absolute Gasteiger partial charge is 0.494 e. The van der Waals surface area contributed by atoms with E-state index in [9.17, 15) is 4.21 Å². The molecule has 0 radical (unpaired) electrons. The third-order valence-electron chi connectivity index (χ3n) is 3.95. The molecule has 4 heteroatoms. The Balaban J connectivity index is 2.09. The van der Waals surface area contributed by atoms with Crippen LogP contribution < -0.4 is 10.1 Å². The lowest BCUT2D eigenvalue weighted by atomic mass is 10.1. The summed E-state index contributed by atoms with van der Waals surface area (Å²) in [6, 6.07) is 8.15. The molecular weight excluding hydrogens is 270 g/mol. The third-order valence-corrected chi connectivity index (χ3v) is 5.82. The van der Waals surface area contributed by atoms with Crippen LogP contribution in [0.15, 0.2) is 24.3 Å². The van der Waals surface area contributed by atoms with Gasteiger partial charge in [-0.05, 0) is 32.9 Å². The summed E-state index contributed by atoms with van der Waals surface area (Å²) in [6.45, 7) is 2.64. The number of rotatable bonds is 7. The Morgan fingerprint density at radius 2 is 2.05 bits per heavy atom. The van der Waals surface area contributed by atoms with Crippen LogP contribution >= 0.6 is 0 Å². The van der Waals surface area contributed by atoms with E-state index in [2.05, 4.69) is 11.4 Å². The highest BCUT2D eigenvalue weighted by atomic mass is 32.2. The minimum Gasteiger partial charge on any atom is -0.494 e. The highest BCUT2D eigenvalue weighted by molar-refractivity contribution is 7.85. The SMILES string of the molecule is CCOc1ccccc1C(CS(=O)C1CCCC1)NC. The molecule has 0 aliphatic heterocycles. The van der Waals surface area contributed by atoms with Crippen LogP contribution in [0.5, 0.6) is 5.75 Å². The zero-order valence-electron chi connectivity index (χ0n) is 12.4. The standard InChI is InChI=1S/C16H25NO2S/c1-3-19-16-11-7-6-10-14(16)15(17-2)12-20(18)13-8-4-5-9-13/h6-7,10-11,13,15,17H,3-5,8-9,12H2,1-2H3. The third kappa shape index (κ3) is 3.83. The average Bonchev–Trinajstić information content (AvgIpc) is 3.00.